The molecule has 4 heteroatoms. The Bertz CT molecular complexity index is 138. The molecule has 0 aliphatic carbocycles. The van der Waals surface area contributed by atoms with E-state index < -0.39 is 21.5 Å². The second-order valence-corrected chi connectivity index (χ2v) is 6.82. The summed E-state index contributed by atoms with van der Waals surface area (Å²) in [4.78, 5) is 0. The van der Waals surface area contributed by atoms with Gasteiger partial charge in [-0.2, -0.15) is 0 Å². The molecule has 0 aromatic rings. The molecule has 0 bridgehead atoms. The van der Waals surface area contributed by atoms with E-state index in [0.717, 1.165) is 6.42 Å². The van der Waals surface area contributed by atoms with Crippen molar-refractivity contribution in [2.24, 2.45) is 0 Å². The predicted molar refractivity (Wildman–Crippen MR) is 43.1 cm³/mol. The van der Waals surface area contributed by atoms with Crippen molar-refractivity contribution in [1.82, 2.24) is 0 Å². The van der Waals surface area contributed by atoms with Crippen LogP contribution in [0, 0.1) is 0 Å². The van der Waals surface area contributed by atoms with Gasteiger partial charge < -0.3 is 0 Å². The van der Waals surface area contributed by atoms with Gasteiger partial charge in [0.15, 0.2) is 0 Å². The Kier molecular flexibility index (Phi) is 3.21. The zero-order valence-corrected chi connectivity index (χ0v) is 10.0. The van der Waals surface area contributed by atoms with Crippen molar-refractivity contribution in [3.63, 3.8) is 0 Å². The van der Waals surface area contributed by atoms with Crippen LogP contribution in [-0.2, 0) is 9.05 Å². The first-order valence-electron chi connectivity index (χ1n) is 3.73. The molecule has 1 atom stereocenters. The van der Waals surface area contributed by atoms with E-state index in [9.17, 15) is 0 Å². The van der Waals surface area contributed by atoms with Crippen molar-refractivity contribution in [1.29, 1.82) is 0 Å². The third-order valence-corrected chi connectivity index (χ3v) is 5.72. The van der Waals surface area contributed by atoms with Gasteiger partial charge in [0, 0.05) is 0 Å². The minimum atomic E-state index is -2.20. The van der Waals surface area contributed by atoms with Gasteiger partial charge in [-0.15, -0.1) is 0 Å². The fraction of sp³-hybridized carbons (Fsp3) is 1.00. The second kappa shape index (κ2) is 3.61. The third-order valence-electron chi connectivity index (χ3n) is 1.52. The predicted octanol–water partition coefficient (Wildman–Crippen LogP) is 1.22. The number of rotatable bonds is 1. The molecule has 1 saturated heterocycles. The third kappa shape index (κ3) is 2.90. The molecule has 1 rings (SSSR count). The maximum atomic E-state index is 5.63. The van der Waals surface area contributed by atoms with Gasteiger partial charge in [0.1, 0.15) is 0 Å². The fourth-order valence-electron chi connectivity index (χ4n) is 1.22. The van der Waals surface area contributed by atoms with E-state index in [1.807, 2.05) is 0 Å². The Morgan fingerprint density at radius 2 is 2.18 bits per heavy atom. The quantitative estimate of drug-likeness (QED) is 0.670. The van der Waals surface area contributed by atoms with Gasteiger partial charge in [-0.3, -0.25) is 0 Å². The van der Waals surface area contributed by atoms with Gasteiger partial charge in [-0.1, -0.05) is 0 Å². The topological polar surface area (TPSA) is 27.7 Å². The van der Waals surface area contributed by atoms with Crippen LogP contribution in [0.3, 0.4) is 0 Å². The maximum absolute atomic E-state index is 5.63. The first kappa shape index (κ1) is 9.78. The molecule has 1 unspecified atom stereocenters. The summed E-state index contributed by atoms with van der Waals surface area (Å²) in [5.41, 5.74) is -0.0452. The molecule has 0 amide bonds. The van der Waals surface area contributed by atoms with Crippen LogP contribution in [0.4, 0.5) is 0 Å². The minimum absolute atomic E-state index is 0.0452. The fourth-order valence-corrected chi connectivity index (χ4v) is 4.21. The van der Waals surface area contributed by atoms with Gasteiger partial charge in [0.25, 0.3) is 0 Å². The summed E-state index contributed by atoms with van der Waals surface area (Å²) >= 11 is -2.20. The van der Waals surface area contributed by atoms with E-state index in [2.05, 4.69) is 20.8 Å². The Morgan fingerprint density at radius 1 is 1.55 bits per heavy atom. The summed E-state index contributed by atoms with van der Waals surface area (Å²) < 4.78 is 16.3. The van der Waals surface area contributed by atoms with Crippen LogP contribution < -0.4 is 0 Å². The van der Waals surface area contributed by atoms with E-state index in [4.69, 9.17) is 9.05 Å². The monoisotopic (exact) mass is 268 g/mol. The Balaban J connectivity index is 2.51. The molecule has 3 nitrogen and oxygen atoms in total. The molecule has 66 valence electrons. The van der Waals surface area contributed by atoms with Gasteiger partial charge in [-0.25, -0.2) is 0 Å². The van der Waals surface area contributed by atoms with Crippen LogP contribution >= 0.6 is 0 Å². The molecule has 1 aliphatic rings. The molecule has 0 radical (unpaired) electrons. The van der Waals surface area contributed by atoms with E-state index in [1.165, 1.54) is 0 Å². The van der Waals surface area contributed by atoms with Crippen molar-refractivity contribution in [2.45, 2.75) is 38.9 Å². The second-order valence-electron chi connectivity index (χ2n) is 3.38. The number of hydrogen-bond donors (Lipinski definition) is 0. The number of hydrogen-bond acceptors (Lipinski definition) is 3. The summed E-state index contributed by atoms with van der Waals surface area (Å²) in [6.45, 7) is 6.24. The zero-order chi connectivity index (χ0) is 8.48. The van der Waals surface area contributed by atoms with Crippen molar-refractivity contribution < 1.29 is 9.05 Å². The van der Waals surface area contributed by atoms with Crippen molar-refractivity contribution in [3.8, 4) is 0 Å². The molecule has 0 spiro atoms. The summed E-state index contributed by atoms with van der Waals surface area (Å²) in [5, 5.41) is 0. The SMILES string of the molecule is C[O][Sb]1[O]C(C)CC(C)(C)[O]1. The van der Waals surface area contributed by atoms with Gasteiger partial charge in [0.05, 0.1) is 0 Å². The van der Waals surface area contributed by atoms with E-state index in [1.54, 1.807) is 7.11 Å². The van der Waals surface area contributed by atoms with Crippen molar-refractivity contribution in [3.05, 3.63) is 0 Å². The van der Waals surface area contributed by atoms with Crippen LogP contribution in [0.25, 0.3) is 0 Å². The van der Waals surface area contributed by atoms with E-state index in [-0.39, 0.29) is 5.60 Å². The van der Waals surface area contributed by atoms with Crippen LogP contribution in [0.5, 0.6) is 0 Å². The molecule has 0 aromatic carbocycles. The first-order valence-corrected chi connectivity index (χ1v) is 6.86. The summed E-state index contributed by atoms with van der Waals surface area (Å²) in [6.07, 6.45) is 1.25. The van der Waals surface area contributed by atoms with Crippen LogP contribution in [0.1, 0.15) is 27.2 Å². The average Bonchev–Trinajstić information content (AvgIpc) is 1.83. The standard InChI is InChI=1S/C6H12O2.CH3O.Sb/c1-5(7)4-6(2,3)8;1-2;/h5H,4H2,1-3H3;1H3;/q-2;-1;+3. The Hall–Kier alpha value is 0.698. The molecule has 0 saturated carbocycles. The van der Waals surface area contributed by atoms with Crippen LogP contribution in [0.2, 0.25) is 0 Å². The Labute approximate surface area is 76.7 Å². The molecule has 1 fully saturated rings. The van der Waals surface area contributed by atoms with Gasteiger partial charge >= 0.3 is 76.5 Å². The summed E-state index contributed by atoms with van der Waals surface area (Å²) in [7, 11) is 1.66. The molecule has 11 heavy (non-hydrogen) atoms. The summed E-state index contributed by atoms with van der Waals surface area (Å²) in [5.74, 6) is 0. The molecule has 0 aromatic heterocycles. The molecular weight excluding hydrogens is 254 g/mol. The summed E-state index contributed by atoms with van der Waals surface area (Å²) in [6, 6.07) is 0. The molecule has 1 heterocycles. The normalized spacial score (nSPS) is 32.2. The van der Waals surface area contributed by atoms with E-state index >= 15 is 0 Å². The average molecular weight is 269 g/mol. The van der Waals surface area contributed by atoms with Gasteiger partial charge in [-0.05, 0) is 0 Å². The molecule has 0 N–H and O–H groups in total. The molecule has 1 aliphatic heterocycles. The van der Waals surface area contributed by atoms with Crippen LogP contribution in [0.15, 0.2) is 0 Å². The van der Waals surface area contributed by atoms with E-state index in [0.29, 0.717) is 6.10 Å². The van der Waals surface area contributed by atoms with Crippen molar-refractivity contribution in [2.75, 3.05) is 7.11 Å². The first-order chi connectivity index (χ1) is 5.03. The van der Waals surface area contributed by atoms with Crippen LogP contribution in [-0.4, -0.2) is 40.3 Å². The zero-order valence-electron chi connectivity index (χ0n) is 7.46. The molecular formula is C7H15O3Sb. The van der Waals surface area contributed by atoms with Gasteiger partial charge in [0.2, 0.25) is 0 Å². The Morgan fingerprint density at radius 3 is 2.64 bits per heavy atom. The van der Waals surface area contributed by atoms with Crippen molar-refractivity contribution >= 4 is 21.5 Å².